The van der Waals surface area contributed by atoms with Crippen molar-refractivity contribution in [3.8, 4) is 0 Å². The van der Waals surface area contributed by atoms with Crippen molar-refractivity contribution in [2.45, 2.75) is 155 Å². The molecular weight excluding hydrogens is 533 g/mol. The molecule has 1 amide bonds. The first kappa shape index (κ1) is 39.0. The number of hydrogen-bond donors (Lipinski definition) is 3. The number of phosphoric ester groups is 1. The van der Waals surface area contributed by atoms with E-state index >= 15 is 0 Å². The fraction of sp³-hybridized carbons (Fsp3) is 0.933. The van der Waals surface area contributed by atoms with E-state index in [4.69, 9.17) is 13.8 Å². The van der Waals surface area contributed by atoms with Gasteiger partial charge in [-0.1, -0.05) is 129 Å². The van der Waals surface area contributed by atoms with Gasteiger partial charge in [0, 0.05) is 19.4 Å². The molecule has 3 N–H and O–H groups in total. The molecular formula is C30H60NO8P. The Balaban J connectivity index is 3.45. The zero-order chi connectivity index (χ0) is 29.7. The number of carbonyl (C=O) groups is 2. The number of unbranched alkanes of at least 4 members (excludes halogenated alkanes) is 18. The van der Waals surface area contributed by atoms with Crippen LogP contribution in [0.15, 0.2) is 0 Å². The van der Waals surface area contributed by atoms with Crippen molar-refractivity contribution in [1.82, 2.24) is 5.32 Å². The van der Waals surface area contributed by atoms with E-state index in [1.54, 1.807) is 6.92 Å². The zero-order valence-corrected chi connectivity index (χ0v) is 26.4. The van der Waals surface area contributed by atoms with E-state index in [1.165, 1.54) is 103 Å². The largest absolute Gasteiger partial charge is 0.472 e. The molecule has 0 saturated carbocycles. The van der Waals surface area contributed by atoms with Gasteiger partial charge in [0.1, 0.15) is 12.7 Å². The second-order valence-electron chi connectivity index (χ2n) is 10.8. The Morgan fingerprint density at radius 3 is 1.60 bits per heavy atom. The Morgan fingerprint density at radius 2 is 1.15 bits per heavy atom. The van der Waals surface area contributed by atoms with Gasteiger partial charge >= 0.3 is 13.8 Å². The van der Waals surface area contributed by atoms with E-state index in [1.807, 2.05) is 0 Å². The van der Waals surface area contributed by atoms with Gasteiger partial charge in [0.15, 0.2) is 0 Å². The molecule has 0 aliphatic rings. The molecule has 238 valence electrons. The maximum atomic E-state index is 11.8. The highest BCUT2D eigenvalue weighted by molar-refractivity contribution is 7.47. The molecule has 2 unspecified atom stereocenters. The van der Waals surface area contributed by atoms with Crippen molar-refractivity contribution in [2.24, 2.45) is 0 Å². The third kappa shape index (κ3) is 28.5. The average Bonchev–Trinajstić information content (AvgIpc) is 2.94. The maximum absolute atomic E-state index is 11.8. The van der Waals surface area contributed by atoms with Gasteiger partial charge in [-0.15, -0.1) is 0 Å². The van der Waals surface area contributed by atoms with Crippen molar-refractivity contribution >= 4 is 19.7 Å². The van der Waals surface area contributed by atoms with Crippen LogP contribution in [0.4, 0.5) is 0 Å². The van der Waals surface area contributed by atoms with Crippen molar-refractivity contribution in [1.29, 1.82) is 0 Å². The van der Waals surface area contributed by atoms with Gasteiger partial charge < -0.3 is 20.1 Å². The number of nitrogens with one attached hydrogen (secondary N) is 1. The Labute approximate surface area is 244 Å². The van der Waals surface area contributed by atoms with Gasteiger partial charge in [0.25, 0.3) is 0 Å². The van der Waals surface area contributed by atoms with Crippen molar-refractivity contribution in [3.05, 3.63) is 0 Å². The van der Waals surface area contributed by atoms with Gasteiger partial charge in [-0.25, -0.2) is 4.57 Å². The molecule has 0 fully saturated rings. The SMILES string of the molecule is CCCCCCCCCCCCCCCCCCCCCC(=O)OCC(O)COP(=O)(O)OCCNC(=O)CC. The zero-order valence-electron chi connectivity index (χ0n) is 25.5. The number of aliphatic hydroxyl groups excluding tert-OH is 1. The summed E-state index contributed by atoms with van der Waals surface area (Å²) in [7, 11) is -4.36. The second kappa shape index (κ2) is 28.1. The van der Waals surface area contributed by atoms with E-state index in [2.05, 4.69) is 12.2 Å². The van der Waals surface area contributed by atoms with Gasteiger partial charge in [-0.2, -0.15) is 0 Å². The predicted molar refractivity (Wildman–Crippen MR) is 160 cm³/mol. The fourth-order valence-electron chi connectivity index (χ4n) is 4.35. The van der Waals surface area contributed by atoms with E-state index < -0.39 is 26.5 Å². The lowest BCUT2D eigenvalue weighted by molar-refractivity contribution is -0.147. The number of phosphoric acid groups is 1. The third-order valence-electron chi connectivity index (χ3n) is 6.85. The lowest BCUT2D eigenvalue weighted by Gasteiger charge is -2.15. The third-order valence-corrected chi connectivity index (χ3v) is 7.84. The highest BCUT2D eigenvalue weighted by Gasteiger charge is 2.23. The van der Waals surface area contributed by atoms with Crippen LogP contribution in [-0.4, -0.2) is 54.3 Å². The molecule has 0 aromatic carbocycles. The summed E-state index contributed by atoms with van der Waals surface area (Å²) in [6, 6.07) is 0. The topological polar surface area (TPSA) is 131 Å². The predicted octanol–water partition coefficient (Wildman–Crippen LogP) is 7.37. The minimum atomic E-state index is -4.36. The van der Waals surface area contributed by atoms with Crippen LogP contribution >= 0.6 is 7.82 Å². The van der Waals surface area contributed by atoms with Crippen LogP contribution in [0.25, 0.3) is 0 Å². The van der Waals surface area contributed by atoms with Crippen LogP contribution in [-0.2, 0) is 27.9 Å². The van der Waals surface area contributed by atoms with Crippen molar-refractivity contribution < 1.29 is 37.9 Å². The quantitative estimate of drug-likeness (QED) is 0.0447. The molecule has 10 heteroatoms. The first-order valence-electron chi connectivity index (χ1n) is 16.0. The number of esters is 1. The standard InChI is InChI=1S/C30H60NO8P/c1-3-5-6-7-8-9-10-11-12-13-14-15-16-17-18-19-20-21-22-23-30(34)37-26-28(32)27-39-40(35,36)38-25-24-31-29(33)4-2/h28,32H,3-27H2,1-2H3,(H,31,33)(H,35,36). The minimum Gasteiger partial charge on any atom is -0.463 e. The molecule has 0 radical (unpaired) electrons. The average molecular weight is 594 g/mol. The van der Waals surface area contributed by atoms with Crippen molar-refractivity contribution in [3.63, 3.8) is 0 Å². The summed E-state index contributed by atoms with van der Waals surface area (Å²) in [6.45, 7) is 2.99. The number of ether oxygens (including phenoxy) is 1. The number of carbonyl (C=O) groups excluding carboxylic acids is 2. The smallest absolute Gasteiger partial charge is 0.463 e. The van der Waals surface area contributed by atoms with Crippen LogP contribution in [0, 0.1) is 0 Å². The molecule has 0 rings (SSSR count). The van der Waals surface area contributed by atoms with E-state index in [9.17, 15) is 24.2 Å². The molecule has 0 aliphatic heterocycles. The molecule has 40 heavy (non-hydrogen) atoms. The summed E-state index contributed by atoms with van der Waals surface area (Å²) in [5.74, 6) is -0.601. The second-order valence-corrected chi connectivity index (χ2v) is 12.2. The lowest BCUT2D eigenvalue weighted by Crippen LogP contribution is -2.26. The molecule has 0 spiro atoms. The molecule has 0 aliphatic carbocycles. The molecule has 0 bridgehead atoms. The van der Waals surface area contributed by atoms with E-state index in [0.717, 1.165) is 19.3 Å². The van der Waals surface area contributed by atoms with Gasteiger partial charge in [0.2, 0.25) is 5.91 Å². The molecule has 0 aromatic rings. The fourth-order valence-corrected chi connectivity index (χ4v) is 5.11. The molecule has 9 nitrogen and oxygen atoms in total. The van der Waals surface area contributed by atoms with Gasteiger partial charge in [-0.3, -0.25) is 18.6 Å². The number of amides is 1. The first-order chi connectivity index (χ1) is 19.3. The summed E-state index contributed by atoms with van der Waals surface area (Å²) in [4.78, 5) is 32.5. The minimum absolute atomic E-state index is 0.0697. The highest BCUT2D eigenvalue weighted by Crippen LogP contribution is 2.42. The Kier molecular flexibility index (Phi) is 27.4. The summed E-state index contributed by atoms with van der Waals surface area (Å²) in [5.41, 5.74) is 0. The van der Waals surface area contributed by atoms with E-state index in [-0.39, 0.29) is 32.1 Å². The molecule has 0 heterocycles. The van der Waals surface area contributed by atoms with Crippen LogP contribution < -0.4 is 5.32 Å². The summed E-state index contributed by atoms with van der Waals surface area (Å²) in [6.07, 6.45) is 23.9. The lowest BCUT2D eigenvalue weighted by atomic mass is 10.0. The number of hydrogen-bond acceptors (Lipinski definition) is 7. The summed E-state index contributed by atoms with van der Waals surface area (Å²) >= 11 is 0. The Bertz CT molecular complexity index is 649. The maximum Gasteiger partial charge on any atom is 0.472 e. The Hall–Kier alpha value is -0.990. The van der Waals surface area contributed by atoms with Crippen molar-refractivity contribution in [2.75, 3.05) is 26.4 Å². The van der Waals surface area contributed by atoms with Gasteiger partial charge in [-0.05, 0) is 6.42 Å². The summed E-state index contributed by atoms with van der Waals surface area (Å²) in [5, 5.41) is 12.3. The number of aliphatic hydroxyl groups is 1. The molecule has 0 saturated heterocycles. The van der Waals surface area contributed by atoms with Gasteiger partial charge in [0.05, 0.1) is 13.2 Å². The molecule has 0 aromatic heterocycles. The number of rotatable bonds is 30. The Morgan fingerprint density at radius 1 is 0.700 bits per heavy atom. The van der Waals surface area contributed by atoms with Crippen LogP contribution in [0.5, 0.6) is 0 Å². The first-order valence-corrected chi connectivity index (χ1v) is 17.5. The normalized spacial score (nSPS) is 13.6. The van der Waals surface area contributed by atoms with Crippen LogP contribution in [0.1, 0.15) is 149 Å². The molecule has 2 atom stereocenters. The van der Waals surface area contributed by atoms with Crippen LogP contribution in [0.2, 0.25) is 0 Å². The van der Waals surface area contributed by atoms with E-state index in [0.29, 0.717) is 6.42 Å². The summed E-state index contributed by atoms with van der Waals surface area (Å²) < 4.78 is 26.2. The monoisotopic (exact) mass is 593 g/mol. The highest BCUT2D eigenvalue weighted by atomic mass is 31.2. The van der Waals surface area contributed by atoms with Crippen LogP contribution in [0.3, 0.4) is 0 Å².